The van der Waals surface area contributed by atoms with Crippen molar-refractivity contribution in [2.45, 2.75) is 19.5 Å². The Labute approximate surface area is 156 Å². The van der Waals surface area contributed by atoms with E-state index < -0.39 is 41.3 Å². The first-order valence-electron chi connectivity index (χ1n) is 7.65. The van der Waals surface area contributed by atoms with Gasteiger partial charge in [0.15, 0.2) is 5.17 Å². The number of carbonyl (C=O) groups excluding carboxylic acids is 3. The Hall–Kier alpha value is -2.69. The lowest BCUT2D eigenvalue weighted by Gasteiger charge is -2.13. The molecule has 0 spiro atoms. The maximum Gasteiger partial charge on any atom is 0.430 e. The van der Waals surface area contributed by atoms with Crippen molar-refractivity contribution in [3.63, 3.8) is 0 Å². The highest BCUT2D eigenvalue weighted by atomic mass is 32.2. The van der Waals surface area contributed by atoms with Crippen molar-refractivity contribution in [2.24, 2.45) is 9.98 Å². The van der Waals surface area contributed by atoms with Gasteiger partial charge in [0.05, 0.1) is 24.3 Å². The fraction of sp³-hybridized carbons (Fsp3) is 0.312. The first-order valence-corrected chi connectivity index (χ1v) is 8.63. The van der Waals surface area contributed by atoms with Crippen molar-refractivity contribution >= 4 is 46.1 Å². The standard InChI is InChI=1S/C16H14F3N3O4S/c1-2-26-14(25)9-3-5-10(6-4-9)20-13(24)8-27-15-21-11(16(17,18)19)7-12(23)22-15/h3-6H,2,7-8H2,1H3,(H,20,24). The third-order valence-corrected chi connectivity index (χ3v) is 3.96. The van der Waals surface area contributed by atoms with Crippen LogP contribution in [-0.2, 0) is 14.3 Å². The Kier molecular flexibility index (Phi) is 6.72. The lowest BCUT2D eigenvalue weighted by molar-refractivity contribution is -0.118. The summed E-state index contributed by atoms with van der Waals surface area (Å²) in [5, 5.41) is 2.10. The van der Waals surface area contributed by atoms with E-state index in [9.17, 15) is 27.6 Å². The summed E-state index contributed by atoms with van der Waals surface area (Å²) in [6.07, 6.45) is -5.63. The van der Waals surface area contributed by atoms with E-state index >= 15 is 0 Å². The van der Waals surface area contributed by atoms with Gasteiger partial charge in [0.25, 0.3) is 5.91 Å². The van der Waals surface area contributed by atoms with Crippen molar-refractivity contribution < 1.29 is 32.3 Å². The second kappa shape index (κ2) is 8.80. The van der Waals surface area contributed by atoms with Gasteiger partial charge in [-0.25, -0.2) is 9.79 Å². The van der Waals surface area contributed by atoms with Gasteiger partial charge >= 0.3 is 12.1 Å². The van der Waals surface area contributed by atoms with Crippen molar-refractivity contribution in [3.8, 4) is 0 Å². The predicted octanol–water partition coefficient (Wildman–Crippen LogP) is 2.82. The number of ether oxygens (including phenoxy) is 1. The first kappa shape index (κ1) is 20.6. The highest BCUT2D eigenvalue weighted by Gasteiger charge is 2.38. The maximum atomic E-state index is 12.7. The normalized spacial score (nSPS) is 14.3. The summed E-state index contributed by atoms with van der Waals surface area (Å²) in [6.45, 7) is 1.91. The topological polar surface area (TPSA) is 97.2 Å². The first-order chi connectivity index (χ1) is 12.7. The van der Waals surface area contributed by atoms with Crippen LogP contribution in [0.3, 0.4) is 0 Å². The number of amidine groups is 1. The Morgan fingerprint density at radius 3 is 2.48 bits per heavy atom. The molecule has 0 aromatic heterocycles. The lowest BCUT2D eigenvalue weighted by atomic mass is 10.2. The second-order valence-electron chi connectivity index (χ2n) is 5.16. The molecule has 1 aliphatic rings. The Morgan fingerprint density at radius 1 is 1.22 bits per heavy atom. The van der Waals surface area contributed by atoms with Gasteiger partial charge in [-0.15, -0.1) is 0 Å². The number of hydrogen-bond donors (Lipinski definition) is 1. The molecule has 0 saturated heterocycles. The van der Waals surface area contributed by atoms with Crippen molar-refractivity contribution in [2.75, 3.05) is 17.7 Å². The molecule has 0 saturated carbocycles. The number of anilines is 1. The molecule has 1 aliphatic heterocycles. The summed E-state index contributed by atoms with van der Waals surface area (Å²) in [6, 6.07) is 5.89. The summed E-state index contributed by atoms with van der Waals surface area (Å²) in [5.74, 6) is -2.28. The van der Waals surface area contributed by atoms with E-state index in [2.05, 4.69) is 15.3 Å². The van der Waals surface area contributed by atoms with Crippen LogP contribution in [-0.4, -0.2) is 47.2 Å². The SMILES string of the molecule is CCOC(=O)c1ccc(NC(=O)CSC2=NC(=O)CC(C(F)(F)F)=N2)cc1. The molecule has 2 amide bonds. The summed E-state index contributed by atoms with van der Waals surface area (Å²) < 4.78 is 42.8. The van der Waals surface area contributed by atoms with Crippen LogP contribution in [0, 0.1) is 0 Å². The minimum absolute atomic E-state index is 0.236. The quantitative estimate of drug-likeness (QED) is 0.766. The van der Waals surface area contributed by atoms with Gasteiger partial charge in [-0.3, -0.25) is 9.59 Å². The molecule has 1 aromatic carbocycles. The third-order valence-electron chi connectivity index (χ3n) is 3.11. The number of halogens is 3. The fourth-order valence-electron chi connectivity index (χ4n) is 1.93. The summed E-state index contributed by atoms with van der Waals surface area (Å²) in [4.78, 5) is 41.4. The number of benzene rings is 1. The summed E-state index contributed by atoms with van der Waals surface area (Å²) in [7, 11) is 0. The zero-order valence-corrected chi connectivity index (χ0v) is 14.8. The number of nitrogens with one attached hydrogen (secondary N) is 1. The van der Waals surface area contributed by atoms with Crippen molar-refractivity contribution in [3.05, 3.63) is 29.8 Å². The number of hydrogen-bond acceptors (Lipinski definition) is 6. The zero-order valence-electron chi connectivity index (χ0n) is 14.0. The monoisotopic (exact) mass is 401 g/mol. The van der Waals surface area contributed by atoms with E-state index in [4.69, 9.17) is 4.74 Å². The molecule has 0 aliphatic carbocycles. The highest BCUT2D eigenvalue weighted by Crippen LogP contribution is 2.24. The van der Waals surface area contributed by atoms with Gasteiger partial charge in [-0.2, -0.15) is 18.2 Å². The van der Waals surface area contributed by atoms with Gasteiger partial charge < -0.3 is 10.1 Å². The molecule has 144 valence electrons. The molecule has 11 heteroatoms. The van der Waals surface area contributed by atoms with Crippen LogP contribution in [0.15, 0.2) is 34.3 Å². The minimum Gasteiger partial charge on any atom is -0.462 e. The van der Waals surface area contributed by atoms with E-state index in [0.29, 0.717) is 23.0 Å². The molecule has 0 bridgehead atoms. The number of aliphatic imine (C=N–C) groups is 2. The molecule has 0 atom stereocenters. The van der Waals surface area contributed by atoms with Crippen LogP contribution in [0.1, 0.15) is 23.7 Å². The van der Waals surface area contributed by atoms with Gasteiger partial charge in [-0.1, -0.05) is 11.8 Å². The van der Waals surface area contributed by atoms with E-state index in [1.807, 2.05) is 0 Å². The van der Waals surface area contributed by atoms with Crippen LogP contribution in [0.2, 0.25) is 0 Å². The third kappa shape index (κ3) is 6.20. The molecule has 1 N–H and O–H groups in total. The fourth-order valence-corrected chi connectivity index (χ4v) is 2.60. The molecule has 27 heavy (non-hydrogen) atoms. The van der Waals surface area contributed by atoms with Crippen molar-refractivity contribution in [1.29, 1.82) is 0 Å². The molecule has 1 aromatic rings. The Balaban J connectivity index is 1.92. The van der Waals surface area contributed by atoms with Crippen LogP contribution < -0.4 is 5.32 Å². The minimum atomic E-state index is -4.72. The van der Waals surface area contributed by atoms with Crippen LogP contribution in [0.4, 0.5) is 18.9 Å². The molecular weight excluding hydrogens is 387 g/mol. The summed E-state index contributed by atoms with van der Waals surface area (Å²) in [5.41, 5.74) is -0.539. The van der Waals surface area contributed by atoms with Gasteiger partial charge in [0.1, 0.15) is 5.71 Å². The number of esters is 1. The van der Waals surface area contributed by atoms with Crippen LogP contribution >= 0.6 is 11.8 Å². The zero-order chi connectivity index (χ0) is 20.0. The van der Waals surface area contributed by atoms with Gasteiger partial charge in [-0.05, 0) is 31.2 Å². The van der Waals surface area contributed by atoms with Gasteiger partial charge in [0.2, 0.25) is 5.91 Å². The number of carbonyl (C=O) groups is 3. The van der Waals surface area contributed by atoms with Crippen molar-refractivity contribution in [1.82, 2.24) is 0 Å². The molecule has 2 rings (SSSR count). The van der Waals surface area contributed by atoms with Crippen LogP contribution in [0.5, 0.6) is 0 Å². The highest BCUT2D eigenvalue weighted by molar-refractivity contribution is 8.14. The molecule has 7 nitrogen and oxygen atoms in total. The number of rotatable bonds is 5. The van der Waals surface area contributed by atoms with Crippen LogP contribution in [0.25, 0.3) is 0 Å². The Bertz CT molecular complexity index is 804. The predicted molar refractivity (Wildman–Crippen MR) is 94.0 cm³/mol. The largest absolute Gasteiger partial charge is 0.462 e. The molecule has 0 radical (unpaired) electrons. The molecule has 0 unspecified atom stereocenters. The summed E-state index contributed by atoms with van der Waals surface area (Å²) >= 11 is 0.618. The lowest BCUT2D eigenvalue weighted by Crippen LogP contribution is -2.29. The Morgan fingerprint density at radius 2 is 1.89 bits per heavy atom. The van der Waals surface area contributed by atoms with E-state index in [1.165, 1.54) is 24.3 Å². The average molecular weight is 401 g/mol. The average Bonchev–Trinajstić information content (AvgIpc) is 2.59. The van der Waals surface area contributed by atoms with E-state index in [-0.39, 0.29) is 12.4 Å². The molecule has 1 heterocycles. The second-order valence-corrected chi connectivity index (χ2v) is 6.10. The van der Waals surface area contributed by atoms with Gasteiger partial charge in [0, 0.05) is 5.69 Å². The van der Waals surface area contributed by atoms with E-state index in [0.717, 1.165) is 0 Å². The number of alkyl halides is 3. The number of thioether (sulfide) groups is 1. The molecule has 0 fully saturated rings. The molecular formula is C16H14F3N3O4S. The maximum absolute atomic E-state index is 12.7. The van der Waals surface area contributed by atoms with E-state index in [1.54, 1.807) is 6.92 Å². The smallest absolute Gasteiger partial charge is 0.430 e. The number of nitrogens with zero attached hydrogens (tertiary/aromatic N) is 2. The number of amides is 2.